The van der Waals surface area contributed by atoms with Crippen molar-refractivity contribution in [3.63, 3.8) is 0 Å². The Bertz CT molecular complexity index is 305. The largest absolute Gasteiger partial charge is 0.497 e. The van der Waals surface area contributed by atoms with Crippen molar-refractivity contribution < 1.29 is 14.2 Å². The van der Waals surface area contributed by atoms with Crippen LogP contribution in [0.1, 0.15) is 0 Å². The van der Waals surface area contributed by atoms with E-state index in [-0.39, 0.29) is 0 Å². The lowest BCUT2D eigenvalue weighted by molar-refractivity contribution is 0.291. The smallest absolute Gasteiger partial charge is 0.164 e. The Morgan fingerprint density at radius 1 is 1.20 bits per heavy atom. The van der Waals surface area contributed by atoms with Crippen LogP contribution in [0.5, 0.6) is 17.2 Å². The SMILES string of the molecule is COc1ccc(OCCNN)c(OC)c1. The first-order valence-corrected chi connectivity index (χ1v) is 4.60. The maximum absolute atomic E-state index is 5.44. The van der Waals surface area contributed by atoms with E-state index >= 15 is 0 Å². The molecule has 1 aromatic carbocycles. The fraction of sp³-hybridized carbons (Fsp3) is 0.400. The maximum atomic E-state index is 5.44. The minimum atomic E-state index is 0.485. The van der Waals surface area contributed by atoms with Gasteiger partial charge in [-0.2, -0.15) is 0 Å². The zero-order valence-electron chi connectivity index (χ0n) is 8.95. The van der Waals surface area contributed by atoms with Gasteiger partial charge in [0.1, 0.15) is 12.4 Å². The summed E-state index contributed by atoms with van der Waals surface area (Å²) in [5.74, 6) is 7.18. The quantitative estimate of drug-likeness (QED) is 0.409. The Balaban J connectivity index is 2.69. The minimum Gasteiger partial charge on any atom is -0.497 e. The van der Waals surface area contributed by atoms with Crippen LogP contribution in [-0.4, -0.2) is 27.4 Å². The fourth-order valence-electron chi connectivity index (χ4n) is 1.11. The summed E-state index contributed by atoms with van der Waals surface area (Å²) in [5.41, 5.74) is 2.51. The molecule has 0 spiro atoms. The number of nitrogens with two attached hydrogens (primary N) is 1. The number of benzene rings is 1. The maximum Gasteiger partial charge on any atom is 0.164 e. The lowest BCUT2D eigenvalue weighted by Crippen LogP contribution is -2.27. The van der Waals surface area contributed by atoms with Crippen LogP contribution in [-0.2, 0) is 0 Å². The van der Waals surface area contributed by atoms with Gasteiger partial charge in [-0.3, -0.25) is 11.3 Å². The van der Waals surface area contributed by atoms with Crippen molar-refractivity contribution in [2.45, 2.75) is 0 Å². The van der Waals surface area contributed by atoms with Gasteiger partial charge in [0, 0.05) is 12.6 Å². The molecule has 0 saturated heterocycles. The van der Waals surface area contributed by atoms with Crippen LogP contribution in [0, 0.1) is 0 Å². The van der Waals surface area contributed by atoms with Gasteiger partial charge in [0.25, 0.3) is 0 Å². The molecular formula is C10H16N2O3. The predicted octanol–water partition coefficient (Wildman–Crippen LogP) is 0.546. The van der Waals surface area contributed by atoms with Crippen LogP contribution in [0.25, 0.3) is 0 Å². The van der Waals surface area contributed by atoms with Crippen molar-refractivity contribution in [3.05, 3.63) is 18.2 Å². The Labute approximate surface area is 89.1 Å². The molecule has 84 valence electrons. The summed E-state index contributed by atoms with van der Waals surface area (Å²) in [4.78, 5) is 0. The lowest BCUT2D eigenvalue weighted by Gasteiger charge is -2.11. The molecule has 5 nitrogen and oxygen atoms in total. The van der Waals surface area contributed by atoms with Gasteiger partial charge < -0.3 is 14.2 Å². The molecule has 0 aliphatic heterocycles. The average molecular weight is 212 g/mol. The van der Waals surface area contributed by atoms with Gasteiger partial charge in [-0.25, -0.2) is 0 Å². The van der Waals surface area contributed by atoms with Crippen LogP contribution < -0.4 is 25.5 Å². The molecule has 0 fully saturated rings. The fourth-order valence-corrected chi connectivity index (χ4v) is 1.11. The predicted molar refractivity (Wildman–Crippen MR) is 57.2 cm³/mol. The number of nitrogens with one attached hydrogen (secondary N) is 1. The van der Waals surface area contributed by atoms with Crippen molar-refractivity contribution >= 4 is 0 Å². The van der Waals surface area contributed by atoms with Crippen molar-refractivity contribution in [1.29, 1.82) is 0 Å². The highest BCUT2D eigenvalue weighted by atomic mass is 16.5. The van der Waals surface area contributed by atoms with E-state index in [1.54, 1.807) is 26.4 Å². The molecule has 0 aliphatic rings. The second kappa shape index (κ2) is 6.10. The normalized spacial score (nSPS) is 9.80. The Morgan fingerprint density at radius 2 is 2.00 bits per heavy atom. The van der Waals surface area contributed by atoms with Gasteiger partial charge in [-0.1, -0.05) is 0 Å². The summed E-state index contributed by atoms with van der Waals surface area (Å²) >= 11 is 0. The molecule has 1 rings (SSSR count). The Kier molecular flexibility index (Phi) is 4.73. The number of rotatable bonds is 6. The van der Waals surface area contributed by atoms with Crippen LogP contribution in [0.4, 0.5) is 0 Å². The summed E-state index contributed by atoms with van der Waals surface area (Å²) in [6.45, 7) is 1.06. The van der Waals surface area contributed by atoms with Gasteiger partial charge in [0.2, 0.25) is 0 Å². The van der Waals surface area contributed by atoms with Crippen LogP contribution in [0.15, 0.2) is 18.2 Å². The highest BCUT2D eigenvalue weighted by Crippen LogP contribution is 2.30. The van der Waals surface area contributed by atoms with Crippen LogP contribution in [0.2, 0.25) is 0 Å². The molecule has 0 atom stereocenters. The lowest BCUT2D eigenvalue weighted by atomic mass is 10.3. The van der Waals surface area contributed by atoms with E-state index in [1.807, 2.05) is 6.07 Å². The molecule has 15 heavy (non-hydrogen) atoms. The van der Waals surface area contributed by atoms with Crippen molar-refractivity contribution in [2.24, 2.45) is 5.84 Å². The van der Waals surface area contributed by atoms with E-state index in [1.165, 1.54) is 0 Å². The number of hydrogen-bond donors (Lipinski definition) is 2. The number of ether oxygens (including phenoxy) is 3. The highest BCUT2D eigenvalue weighted by Gasteiger charge is 2.05. The summed E-state index contributed by atoms with van der Waals surface area (Å²) in [5, 5.41) is 0. The van der Waals surface area contributed by atoms with Crippen molar-refractivity contribution in [2.75, 3.05) is 27.4 Å². The average Bonchev–Trinajstić information content (AvgIpc) is 2.29. The number of methoxy groups -OCH3 is 2. The van der Waals surface area contributed by atoms with Gasteiger partial charge in [-0.05, 0) is 12.1 Å². The minimum absolute atomic E-state index is 0.485. The number of hydrogen-bond acceptors (Lipinski definition) is 5. The Morgan fingerprint density at radius 3 is 2.60 bits per heavy atom. The Hall–Kier alpha value is -1.46. The molecule has 0 aliphatic carbocycles. The molecule has 0 aromatic heterocycles. The standard InChI is InChI=1S/C10H16N2O3/c1-13-8-3-4-9(10(7-8)14-2)15-6-5-12-11/h3-4,7,12H,5-6,11H2,1-2H3. The molecule has 0 unspecified atom stereocenters. The zero-order valence-corrected chi connectivity index (χ0v) is 8.95. The van der Waals surface area contributed by atoms with Gasteiger partial charge >= 0.3 is 0 Å². The first-order valence-electron chi connectivity index (χ1n) is 4.60. The third kappa shape index (κ3) is 3.30. The molecule has 1 aromatic rings. The van der Waals surface area contributed by atoms with Crippen molar-refractivity contribution in [1.82, 2.24) is 5.43 Å². The first kappa shape index (κ1) is 11.6. The van der Waals surface area contributed by atoms with Gasteiger partial charge in [0.05, 0.1) is 14.2 Å². The van der Waals surface area contributed by atoms with Gasteiger partial charge in [0.15, 0.2) is 11.5 Å². The number of hydrazine groups is 1. The second-order valence-electron chi connectivity index (χ2n) is 2.82. The summed E-state index contributed by atoms with van der Waals surface area (Å²) < 4.78 is 15.7. The first-order chi connectivity index (χ1) is 7.31. The van der Waals surface area contributed by atoms with E-state index < -0.39 is 0 Å². The molecule has 0 bridgehead atoms. The summed E-state index contributed by atoms with van der Waals surface area (Å²) in [6, 6.07) is 5.38. The van der Waals surface area contributed by atoms with E-state index in [0.717, 1.165) is 5.75 Å². The van der Waals surface area contributed by atoms with E-state index in [9.17, 15) is 0 Å². The van der Waals surface area contributed by atoms with E-state index in [4.69, 9.17) is 20.1 Å². The molecule has 0 heterocycles. The van der Waals surface area contributed by atoms with Crippen LogP contribution >= 0.6 is 0 Å². The topological polar surface area (TPSA) is 65.7 Å². The highest BCUT2D eigenvalue weighted by molar-refractivity contribution is 5.45. The molecule has 0 radical (unpaired) electrons. The molecule has 5 heteroatoms. The van der Waals surface area contributed by atoms with Gasteiger partial charge in [-0.15, -0.1) is 0 Å². The van der Waals surface area contributed by atoms with E-state index in [0.29, 0.717) is 24.7 Å². The molecule has 0 amide bonds. The second-order valence-corrected chi connectivity index (χ2v) is 2.82. The molecule has 3 N–H and O–H groups in total. The third-order valence-corrected chi connectivity index (χ3v) is 1.87. The zero-order chi connectivity index (χ0) is 11.1. The van der Waals surface area contributed by atoms with Crippen LogP contribution in [0.3, 0.4) is 0 Å². The molecular weight excluding hydrogens is 196 g/mol. The van der Waals surface area contributed by atoms with Crippen molar-refractivity contribution in [3.8, 4) is 17.2 Å². The summed E-state index contributed by atoms with van der Waals surface area (Å²) in [6.07, 6.45) is 0. The summed E-state index contributed by atoms with van der Waals surface area (Å²) in [7, 11) is 3.19. The molecule has 0 saturated carbocycles. The van der Waals surface area contributed by atoms with E-state index in [2.05, 4.69) is 5.43 Å². The third-order valence-electron chi connectivity index (χ3n) is 1.87. The monoisotopic (exact) mass is 212 g/mol.